The van der Waals surface area contributed by atoms with E-state index in [9.17, 15) is 26.8 Å². The Morgan fingerprint density at radius 1 is 0.938 bits per heavy atom. The maximum atomic E-state index is 13.9. The van der Waals surface area contributed by atoms with Crippen LogP contribution in [0.1, 0.15) is 42.1 Å². The van der Waals surface area contributed by atoms with Crippen LogP contribution >= 0.6 is 0 Å². The maximum Gasteiger partial charge on any atom is 0.246 e. The van der Waals surface area contributed by atoms with Crippen LogP contribution in [-0.2, 0) is 21.2 Å². The first-order chi connectivity index (χ1) is 15.2. The zero-order valence-electron chi connectivity index (χ0n) is 17.9. The molecule has 6 nitrogen and oxygen atoms in total. The molecule has 0 aliphatic carbocycles. The summed E-state index contributed by atoms with van der Waals surface area (Å²) in [5.41, 5.74) is 1.73. The predicted molar refractivity (Wildman–Crippen MR) is 116 cm³/mol. The summed E-state index contributed by atoms with van der Waals surface area (Å²) in [7, 11) is -4.13. The fourth-order valence-electron chi connectivity index (χ4n) is 3.67. The summed E-state index contributed by atoms with van der Waals surface area (Å²) < 4.78 is 53.4. The molecule has 1 aliphatic rings. The summed E-state index contributed by atoms with van der Waals surface area (Å²) in [6.45, 7) is 2.36. The molecular formula is C23H26F2N2O4S. The number of ketones is 1. The molecule has 0 unspecified atom stereocenters. The lowest BCUT2D eigenvalue weighted by molar-refractivity contribution is -0.132. The van der Waals surface area contributed by atoms with E-state index in [0.29, 0.717) is 11.6 Å². The summed E-state index contributed by atoms with van der Waals surface area (Å²) in [4.78, 5) is 25.8. The van der Waals surface area contributed by atoms with Crippen LogP contribution in [0.5, 0.6) is 0 Å². The molecule has 0 spiro atoms. The molecule has 1 fully saturated rings. The van der Waals surface area contributed by atoms with Gasteiger partial charge in [-0.25, -0.2) is 17.2 Å². The number of carbonyl (C=O) groups is 2. The van der Waals surface area contributed by atoms with Crippen LogP contribution in [0, 0.1) is 11.6 Å². The predicted octanol–water partition coefficient (Wildman–Crippen LogP) is 3.41. The number of amides is 1. The number of carbonyl (C=O) groups excluding carboxylic acids is 2. The average Bonchev–Trinajstić information content (AvgIpc) is 2.78. The number of benzene rings is 2. The van der Waals surface area contributed by atoms with Crippen LogP contribution in [-0.4, -0.2) is 55.5 Å². The average molecular weight is 465 g/mol. The molecule has 0 bridgehead atoms. The topological polar surface area (TPSA) is 74.8 Å². The molecule has 1 saturated heterocycles. The molecule has 32 heavy (non-hydrogen) atoms. The molecular weight excluding hydrogens is 438 g/mol. The van der Waals surface area contributed by atoms with Gasteiger partial charge in [-0.2, -0.15) is 4.31 Å². The van der Waals surface area contributed by atoms with Gasteiger partial charge in [0.2, 0.25) is 15.9 Å². The molecule has 0 saturated carbocycles. The molecule has 1 amide bonds. The zero-order valence-corrected chi connectivity index (χ0v) is 18.7. The Balaban J connectivity index is 1.52. The van der Waals surface area contributed by atoms with Gasteiger partial charge >= 0.3 is 0 Å². The quantitative estimate of drug-likeness (QED) is 0.561. The second-order valence-electron chi connectivity index (χ2n) is 7.73. The molecule has 3 rings (SSSR count). The lowest BCUT2D eigenvalue weighted by Gasteiger charge is -2.34. The largest absolute Gasteiger partial charge is 0.340 e. The highest BCUT2D eigenvalue weighted by Gasteiger charge is 2.32. The van der Waals surface area contributed by atoms with E-state index in [1.165, 1.54) is 4.90 Å². The van der Waals surface area contributed by atoms with E-state index in [1.807, 2.05) is 12.1 Å². The zero-order chi connectivity index (χ0) is 23.3. The molecule has 172 valence electrons. The highest BCUT2D eigenvalue weighted by atomic mass is 32.2. The molecule has 2 aromatic rings. The van der Waals surface area contributed by atoms with Crippen LogP contribution in [0.3, 0.4) is 0 Å². The van der Waals surface area contributed by atoms with E-state index < -0.39 is 26.6 Å². The van der Waals surface area contributed by atoms with Crippen molar-refractivity contribution in [2.75, 3.05) is 26.2 Å². The Hall–Kier alpha value is -2.65. The maximum absolute atomic E-state index is 13.9. The smallest absolute Gasteiger partial charge is 0.246 e. The standard InChI is InChI=1S/C23H26F2N2O4S/c1-2-3-17-4-6-18(7-5-17)21(28)9-11-23(29)26-12-14-27(15-13-26)32(30,31)22-10-8-19(24)16-20(22)25/h4-8,10,16H,2-3,9,11-15H2,1H3. The van der Waals surface area contributed by atoms with Gasteiger partial charge in [0, 0.05) is 50.7 Å². The molecule has 0 N–H and O–H groups in total. The van der Waals surface area contributed by atoms with E-state index in [2.05, 4.69) is 6.92 Å². The number of piperazine rings is 1. The Kier molecular flexibility index (Phi) is 7.73. The summed E-state index contributed by atoms with van der Waals surface area (Å²) in [5.74, 6) is -2.35. The van der Waals surface area contributed by atoms with Crippen molar-refractivity contribution in [2.24, 2.45) is 0 Å². The molecule has 0 aromatic heterocycles. The van der Waals surface area contributed by atoms with Crippen molar-refractivity contribution in [3.05, 3.63) is 65.2 Å². The van der Waals surface area contributed by atoms with Gasteiger partial charge in [-0.3, -0.25) is 9.59 Å². The summed E-state index contributed by atoms with van der Waals surface area (Å²) >= 11 is 0. The number of Topliss-reactive ketones (excluding diaryl/α,β-unsaturated/α-hetero) is 1. The molecule has 0 radical (unpaired) electrons. The first kappa shape index (κ1) is 24.0. The summed E-state index contributed by atoms with van der Waals surface area (Å²) in [6.07, 6.45) is 2.08. The minimum Gasteiger partial charge on any atom is -0.340 e. The van der Waals surface area contributed by atoms with Crippen LogP contribution in [0.25, 0.3) is 0 Å². The number of sulfonamides is 1. The highest BCUT2D eigenvalue weighted by molar-refractivity contribution is 7.89. The monoisotopic (exact) mass is 464 g/mol. The Labute approximate surface area is 186 Å². The molecule has 1 aliphatic heterocycles. The van der Waals surface area contributed by atoms with E-state index in [0.717, 1.165) is 34.8 Å². The lowest BCUT2D eigenvalue weighted by Crippen LogP contribution is -2.50. The molecule has 1 heterocycles. The van der Waals surface area contributed by atoms with Crippen molar-refractivity contribution in [1.29, 1.82) is 0 Å². The highest BCUT2D eigenvalue weighted by Crippen LogP contribution is 2.22. The Bertz CT molecular complexity index is 1080. The fourth-order valence-corrected chi connectivity index (χ4v) is 5.14. The van der Waals surface area contributed by atoms with Crippen molar-refractivity contribution >= 4 is 21.7 Å². The van der Waals surface area contributed by atoms with Gasteiger partial charge in [0.15, 0.2) is 5.78 Å². The third kappa shape index (κ3) is 5.58. The number of hydrogen-bond donors (Lipinski definition) is 0. The summed E-state index contributed by atoms with van der Waals surface area (Å²) in [5, 5.41) is 0. The van der Waals surface area contributed by atoms with Gasteiger partial charge in [-0.1, -0.05) is 37.6 Å². The van der Waals surface area contributed by atoms with Gasteiger partial charge in [-0.05, 0) is 24.1 Å². The van der Waals surface area contributed by atoms with Crippen molar-refractivity contribution in [3.8, 4) is 0 Å². The number of aryl methyl sites for hydroxylation is 1. The van der Waals surface area contributed by atoms with E-state index in [-0.39, 0.29) is 50.7 Å². The number of nitrogens with zero attached hydrogens (tertiary/aromatic N) is 2. The van der Waals surface area contributed by atoms with Crippen LogP contribution in [0.4, 0.5) is 8.78 Å². The van der Waals surface area contributed by atoms with Gasteiger partial charge in [0.1, 0.15) is 16.5 Å². The van der Waals surface area contributed by atoms with Crippen molar-refractivity contribution in [1.82, 2.24) is 9.21 Å². The van der Waals surface area contributed by atoms with Gasteiger partial charge in [0.05, 0.1) is 0 Å². The second kappa shape index (κ2) is 10.3. The number of hydrogen-bond acceptors (Lipinski definition) is 4. The minimum atomic E-state index is -4.13. The van der Waals surface area contributed by atoms with Crippen LogP contribution < -0.4 is 0 Å². The second-order valence-corrected chi connectivity index (χ2v) is 9.64. The van der Waals surface area contributed by atoms with Gasteiger partial charge in [-0.15, -0.1) is 0 Å². The van der Waals surface area contributed by atoms with Crippen LogP contribution in [0.15, 0.2) is 47.4 Å². The molecule has 9 heteroatoms. The normalized spacial score (nSPS) is 15.0. The lowest BCUT2D eigenvalue weighted by atomic mass is 10.0. The first-order valence-electron chi connectivity index (χ1n) is 10.6. The minimum absolute atomic E-state index is 0.00226. The Morgan fingerprint density at radius 3 is 2.19 bits per heavy atom. The van der Waals surface area contributed by atoms with Crippen molar-refractivity contribution < 1.29 is 26.8 Å². The van der Waals surface area contributed by atoms with Gasteiger partial charge in [0.25, 0.3) is 0 Å². The third-order valence-electron chi connectivity index (χ3n) is 5.48. The van der Waals surface area contributed by atoms with E-state index in [1.54, 1.807) is 12.1 Å². The molecule has 0 atom stereocenters. The fraction of sp³-hybridized carbons (Fsp3) is 0.391. The SMILES string of the molecule is CCCc1ccc(C(=O)CCC(=O)N2CCN(S(=O)(=O)c3ccc(F)cc3F)CC2)cc1. The van der Waals surface area contributed by atoms with E-state index in [4.69, 9.17) is 0 Å². The van der Waals surface area contributed by atoms with Crippen molar-refractivity contribution in [3.63, 3.8) is 0 Å². The third-order valence-corrected chi connectivity index (χ3v) is 7.42. The van der Waals surface area contributed by atoms with Crippen LogP contribution in [0.2, 0.25) is 0 Å². The summed E-state index contributed by atoms with van der Waals surface area (Å²) in [6, 6.07) is 9.71. The molecule has 2 aromatic carbocycles. The number of rotatable bonds is 8. The van der Waals surface area contributed by atoms with E-state index >= 15 is 0 Å². The number of halogens is 2. The Morgan fingerprint density at radius 2 is 1.59 bits per heavy atom. The van der Waals surface area contributed by atoms with Gasteiger partial charge < -0.3 is 4.90 Å². The first-order valence-corrected chi connectivity index (χ1v) is 12.0. The van der Waals surface area contributed by atoms with Crippen molar-refractivity contribution in [2.45, 2.75) is 37.5 Å².